The van der Waals surface area contributed by atoms with Gasteiger partial charge >= 0.3 is 0 Å². The first-order valence-corrected chi connectivity index (χ1v) is 9.21. The molecular weight excluding hydrogens is 384 g/mol. The maximum atomic E-state index is 5.50. The highest BCUT2D eigenvalue weighted by Crippen LogP contribution is 2.37. The number of piperazine rings is 1. The molecule has 2 aliphatic rings. The SMILES string of the molecule is COc1cccc(N2CCN(Cc3cc4c(cc3Br)OCO4)CC2)c1. The fourth-order valence-corrected chi connectivity index (χ4v) is 3.74. The topological polar surface area (TPSA) is 34.2 Å². The van der Waals surface area contributed by atoms with Crippen molar-refractivity contribution in [3.8, 4) is 17.2 Å². The van der Waals surface area contributed by atoms with Gasteiger partial charge in [-0.3, -0.25) is 4.90 Å². The Hall–Kier alpha value is -1.92. The molecule has 0 aromatic heterocycles. The smallest absolute Gasteiger partial charge is 0.231 e. The Morgan fingerprint density at radius 2 is 1.80 bits per heavy atom. The maximum Gasteiger partial charge on any atom is 0.231 e. The molecule has 0 radical (unpaired) electrons. The summed E-state index contributed by atoms with van der Waals surface area (Å²) < 4.78 is 17.3. The van der Waals surface area contributed by atoms with Crippen LogP contribution in [0.15, 0.2) is 40.9 Å². The van der Waals surface area contributed by atoms with Crippen molar-refractivity contribution in [3.63, 3.8) is 0 Å². The summed E-state index contributed by atoms with van der Waals surface area (Å²) >= 11 is 3.65. The van der Waals surface area contributed by atoms with Gasteiger partial charge in [0.1, 0.15) is 5.75 Å². The second-order valence-corrected chi connectivity index (χ2v) is 7.12. The summed E-state index contributed by atoms with van der Waals surface area (Å²) in [4.78, 5) is 4.88. The third-order valence-corrected chi connectivity index (χ3v) is 5.46. The first-order chi connectivity index (χ1) is 12.2. The van der Waals surface area contributed by atoms with Gasteiger partial charge in [0.25, 0.3) is 0 Å². The highest BCUT2D eigenvalue weighted by Gasteiger charge is 2.21. The normalized spacial score (nSPS) is 17.0. The largest absolute Gasteiger partial charge is 0.497 e. The number of hydrogen-bond acceptors (Lipinski definition) is 5. The monoisotopic (exact) mass is 404 g/mol. The number of hydrogen-bond donors (Lipinski definition) is 0. The molecule has 0 amide bonds. The van der Waals surface area contributed by atoms with Gasteiger partial charge in [-0.2, -0.15) is 0 Å². The minimum Gasteiger partial charge on any atom is -0.497 e. The molecule has 0 N–H and O–H groups in total. The highest BCUT2D eigenvalue weighted by molar-refractivity contribution is 9.10. The van der Waals surface area contributed by atoms with Gasteiger partial charge in [0.15, 0.2) is 11.5 Å². The van der Waals surface area contributed by atoms with Crippen molar-refractivity contribution < 1.29 is 14.2 Å². The summed E-state index contributed by atoms with van der Waals surface area (Å²) in [5.74, 6) is 2.57. The van der Waals surface area contributed by atoms with Crippen LogP contribution in [-0.2, 0) is 6.54 Å². The van der Waals surface area contributed by atoms with E-state index in [2.05, 4.69) is 43.9 Å². The zero-order valence-electron chi connectivity index (χ0n) is 14.2. The van der Waals surface area contributed by atoms with Gasteiger partial charge < -0.3 is 19.1 Å². The Morgan fingerprint density at radius 1 is 1.04 bits per heavy atom. The maximum absolute atomic E-state index is 5.50. The third kappa shape index (κ3) is 3.55. The third-order valence-electron chi connectivity index (χ3n) is 4.73. The molecule has 25 heavy (non-hydrogen) atoms. The molecule has 0 unspecified atom stereocenters. The van der Waals surface area contributed by atoms with E-state index in [-0.39, 0.29) is 0 Å². The van der Waals surface area contributed by atoms with Crippen LogP contribution >= 0.6 is 15.9 Å². The minimum atomic E-state index is 0.310. The zero-order valence-corrected chi connectivity index (χ0v) is 15.8. The van der Waals surface area contributed by atoms with Crippen molar-refractivity contribution in [2.75, 3.05) is 45.0 Å². The van der Waals surface area contributed by atoms with Crippen LogP contribution in [0.5, 0.6) is 17.2 Å². The molecule has 2 aliphatic heterocycles. The van der Waals surface area contributed by atoms with E-state index >= 15 is 0 Å². The van der Waals surface area contributed by atoms with E-state index in [0.29, 0.717) is 6.79 Å². The lowest BCUT2D eigenvalue weighted by molar-refractivity contribution is 0.174. The van der Waals surface area contributed by atoms with Crippen LogP contribution in [0, 0.1) is 0 Å². The van der Waals surface area contributed by atoms with Crippen molar-refractivity contribution in [2.45, 2.75) is 6.54 Å². The van der Waals surface area contributed by atoms with E-state index in [1.165, 1.54) is 11.3 Å². The van der Waals surface area contributed by atoms with Gasteiger partial charge in [-0.05, 0) is 29.8 Å². The summed E-state index contributed by atoms with van der Waals surface area (Å²) in [5, 5.41) is 0. The average molecular weight is 405 g/mol. The van der Waals surface area contributed by atoms with Crippen LogP contribution in [-0.4, -0.2) is 45.0 Å². The Morgan fingerprint density at radius 3 is 2.56 bits per heavy atom. The Bertz CT molecular complexity index is 760. The van der Waals surface area contributed by atoms with Crippen molar-refractivity contribution in [2.24, 2.45) is 0 Å². The summed E-state index contributed by atoms with van der Waals surface area (Å²) in [6, 6.07) is 12.4. The number of anilines is 1. The van der Waals surface area contributed by atoms with Gasteiger partial charge in [-0.15, -0.1) is 0 Å². The van der Waals surface area contributed by atoms with E-state index in [1.807, 2.05) is 18.2 Å². The molecule has 0 saturated carbocycles. The number of ether oxygens (including phenoxy) is 3. The van der Waals surface area contributed by atoms with Crippen molar-refractivity contribution in [1.29, 1.82) is 0 Å². The van der Waals surface area contributed by atoms with Crippen LogP contribution < -0.4 is 19.1 Å². The predicted octanol–water partition coefficient (Wildman–Crippen LogP) is 3.51. The van der Waals surface area contributed by atoms with Crippen molar-refractivity contribution in [1.82, 2.24) is 4.90 Å². The molecule has 1 saturated heterocycles. The average Bonchev–Trinajstić information content (AvgIpc) is 3.10. The lowest BCUT2D eigenvalue weighted by Gasteiger charge is -2.36. The van der Waals surface area contributed by atoms with Crippen LogP contribution in [0.1, 0.15) is 5.56 Å². The van der Waals surface area contributed by atoms with Crippen LogP contribution in [0.4, 0.5) is 5.69 Å². The van der Waals surface area contributed by atoms with Crippen molar-refractivity contribution in [3.05, 3.63) is 46.4 Å². The van der Waals surface area contributed by atoms with E-state index in [1.54, 1.807) is 7.11 Å². The number of benzene rings is 2. The van der Waals surface area contributed by atoms with E-state index in [0.717, 1.165) is 54.4 Å². The summed E-state index contributed by atoms with van der Waals surface area (Å²) in [5.41, 5.74) is 2.46. The summed E-state index contributed by atoms with van der Waals surface area (Å²) in [7, 11) is 1.71. The van der Waals surface area contributed by atoms with Gasteiger partial charge in [-0.1, -0.05) is 22.0 Å². The molecule has 6 heteroatoms. The van der Waals surface area contributed by atoms with Crippen molar-refractivity contribution >= 4 is 21.6 Å². The molecule has 132 valence electrons. The Balaban J connectivity index is 1.39. The first kappa shape index (κ1) is 16.5. The van der Waals surface area contributed by atoms with Gasteiger partial charge in [0.05, 0.1) is 7.11 Å². The molecule has 2 aromatic rings. The van der Waals surface area contributed by atoms with Crippen LogP contribution in [0.25, 0.3) is 0 Å². The fourth-order valence-electron chi connectivity index (χ4n) is 3.29. The first-order valence-electron chi connectivity index (χ1n) is 8.42. The molecule has 0 spiro atoms. The highest BCUT2D eigenvalue weighted by atomic mass is 79.9. The minimum absolute atomic E-state index is 0.310. The summed E-state index contributed by atoms with van der Waals surface area (Å²) in [6.45, 7) is 5.29. The van der Waals surface area contributed by atoms with Gasteiger partial charge in [0, 0.05) is 49.0 Å². The summed E-state index contributed by atoms with van der Waals surface area (Å²) in [6.07, 6.45) is 0. The van der Waals surface area contributed by atoms with Gasteiger partial charge in [0.2, 0.25) is 6.79 Å². The number of halogens is 1. The molecule has 2 heterocycles. The second-order valence-electron chi connectivity index (χ2n) is 6.26. The van der Waals surface area contributed by atoms with E-state index < -0.39 is 0 Å². The molecule has 0 aliphatic carbocycles. The van der Waals surface area contributed by atoms with Gasteiger partial charge in [-0.25, -0.2) is 0 Å². The molecule has 1 fully saturated rings. The molecule has 5 nitrogen and oxygen atoms in total. The van der Waals surface area contributed by atoms with Crippen LogP contribution in [0.2, 0.25) is 0 Å². The second kappa shape index (κ2) is 7.14. The number of rotatable bonds is 4. The number of nitrogens with zero attached hydrogens (tertiary/aromatic N) is 2. The number of fused-ring (bicyclic) bond motifs is 1. The van der Waals surface area contributed by atoms with Crippen LogP contribution in [0.3, 0.4) is 0 Å². The van der Waals surface area contributed by atoms with E-state index in [4.69, 9.17) is 14.2 Å². The molecule has 0 atom stereocenters. The predicted molar refractivity (Wildman–Crippen MR) is 101 cm³/mol. The Labute approximate surface area is 156 Å². The molecular formula is C19H21BrN2O3. The molecule has 2 aromatic carbocycles. The zero-order chi connectivity index (χ0) is 17.2. The number of methoxy groups -OCH3 is 1. The lowest BCUT2D eigenvalue weighted by atomic mass is 10.1. The Kier molecular flexibility index (Phi) is 4.72. The standard InChI is InChI=1S/C19H21BrN2O3/c1-23-16-4-2-3-15(10-16)22-7-5-21(6-8-22)12-14-9-18-19(11-17(14)20)25-13-24-18/h2-4,9-11H,5-8,12-13H2,1H3. The quantitative estimate of drug-likeness (QED) is 0.778. The fraction of sp³-hybridized carbons (Fsp3) is 0.368. The molecule has 0 bridgehead atoms. The molecule has 4 rings (SSSR count). The van der Waals surface area contributed by atoms with E-state index in [9.17, 15) is 0 Å². The lowest BCUT2D eigenvalue weighted by Crippen LogP contribution is -2.46.